The summed E-state index contributed by atoms with van der Waals surface area (Å²) in [6, 6.07) is 6.93. The van der Waals surface area contributed by atoms with Gasteiger partial charge in [0.05, 0.1) is 16.6 Å². The summed E-state index contributed by atoms with van der Waals surface area (Å²) < 4.78 is 34.3. The van der Waals surface area contributed by atoms with Gasteiger partial charge in [-0.3, -0.25) is 10.7 Å². The number of halogens is 2. The Balaban J connectivity index is 1.37. The van der Waals surface area contributed by atoms with Crippen LogP contribution in [0.4, 0.5) is 19.5 Å². The molecule has 9 nitrogen and oxygen atoms in total. The molecule has 5 rings (SSSR count). The molecule has 1 amide bonds. The second kappa shape index (κ2) is 8.41. The van der Waals surface area contributed by atoms with Crippen molar-refractivity contribution in [1.29, 1.82) is 0 Å². The molecule has 1 fully saturated rings. The quantitative estimate of drug-likeness (QED) is 0.482. The number of rotatable bonds is 3. The minimum absolute atomic E-state index is 0.111. The number of amides is 1. The first kappa shape index (κ1) is 21.3. The third-order valence-electron chi connectivity index (χ3n) is 5.87. The molecule has 33 heavy (non-hydrogen) atoms. The summed E-state index contributed by atoms with van der Waals surface area (Å²) in [6.45, 7) is 1.74. The number of imidazole rings is 1. The minimum atomic E-state index is -1.46. The Morgan fingerprint density at radius 2 is 1.97 bits per heavy atom. The molecule has 3 aromatic rings. The summed E-state index contributed by atoms with van der Waals surface area (Å²) in [6.07, 6.45) is -0.639. The fourth-order valence-electron chi connectivity index (χ4n) is 4.13. The van der Waals surface area contributed by atoms with E-state index in [0.717, 1.165) is 38.1 Å². The van der Waals surface area contributed by atoms with Crippen LogP contribution in [-0.2, 0) is 4.74 Å². The van der Waals surface area contributed by atoms with E-state index in [1.807, 2.05) is 7.05 Å². The Bertz CT molecular complexity index is 1250. The number of benzene rings is 2. The maximum Gasteiger partial charge on any atom is 0.414 e. The number of ether oxygens (including phenoxy) is 1. The predicted octanol–water partition coefficient (Wildman–Crippen LogP) is 2.83. The number of fused-ring (bicyclic) bond motifs is 2. The van der Waals surface area contributed by atoms with Crippen LogP contribution in [0.5, 0.6) is 0 Å². The van der Waals surface area contributed by atoms with Crippen molar-refractivity contribution in [2.75, 3.05) is 25.5 Å². The van der Waals surface area contributed by atoms with E-state index >= 15 is 0 Å². The van der Waals surface area contributed by atoms with Crippen LogP contribution in [0.2, 0.25) is 0 Å². The Morgan fingerprint density at radius 1 is 1.21 bits per heavy atom. The number of anilines is 1. The molecule has 0 spiro atoms. The van der Waals surface area contributed by atoms with Gasteiger partial charge in [0.2, 0.25) is 5.95 Å². The zero-order valence-electron chi connectivity index (χ0n) is 17.7. The van der Waals surface area contributed by atoms with Crippen molar-refractivity contribution in [3.05, 3.63) is 58.7 Å². The fraction of sp³-hybridized carbons (Fsp3) is 0.318. The number of aliphatic hydroxyl groups excluding tert-OH is 1. The Hall–Kier alpha value is -3.57. The van der Waals surface area contributed by atoms with E-state index in [9.17, 15) is 18.7 Å². The Morgan fingerprint density at radius 3 is 2.76 bits per heavy atom. The number of hydrogen-bond acceptors (Lipinski definition) is 7. The van der Waals surface area contributed by atoms with E-state index < -0.39 is 24.0 Å². The van der Waals surface area contributed by atoms with E-state index in [-0.39, 0.29) is 28.9 Å². The highest BCUT2D eigenvalue weighted by molar-refractivity contribution is 6.15. The number of aromatic nitrogens is 2. The fourth-order valence-corrected chi connectivity index (χ4v) is 4.13. The lowest BCUT2D eigenvalue weighted by Crippen LogP contribution is -2.36. The van der Waals surface area contributed by atoms with Crippen molar-refractivity contribution in [1.82, 2.24) is 20.3 Å². The van der Waals surface area contributed by atoms with Crippen molar-refractivity contribution in [3.63, 3.8) is 0 Å². The standard InChI is InChI=1S/C22H22F2N6O3/c1-30-8-6-12(7-9-30)33-22(32)27-21-25-15-5-2-11(10-16(15)26-21)19-17-13(23)3-4-14(24)18(17)20(31)29-28-19/h2-5,10,12,20,29,31H,6-9H2,1H3,(H2,25,26,27,32). The second-order valence-electron chi connectivity index (χ2n) is 8.16. The molecule has 0 bridgehead atoms. The summed E-state index contributed by atoms with van der Waals surface area (Å²) in [4.78, 5) is 21.7. The van der Waals surface area contributed by atoms with Crippen molar-refractivity contribution in [2.45, 2.75) is 25.2 Å². The summed E-state index contributed by atoms with van der Waals surface area (Å²) in [7, 11) is 2.03. The molecule has 3 heterocycles. The second-order valence-corrected chi connectivity index (χ2v) is 8.16. The van der Waals surface area contributed by atoms with E-state index in [1.54, 1.807) is 18.2 Å². The maximum atomic E-state index is 14.6. The van der Waals surface area contributed by atoms with Crippen LogP contribution in [0.25, 0.3) is 11.0 Å². The van der Waals surface area contributed by atoms with Crippen molar-refractivity contribution < 1.29 is 23.4 Å². The Kier molecular flexibility index (Phi) is 5.43. The lowest BCUT2D eigenvalue weighted by atomic mass is 9.94. The molecule has 11 heteroatoms. The summed E-state index contributed by atoms with van der Waals surface area (Å²) >= 11 is 0. The molecule has 0 radical (unpaired) electrons. The number of piperidine rings is 1. The summed E-state index contributed by atoms with van der Waals surface area (Å²) in [5, 5.41) is 16.7. The molecule has 0 saturated carbocycles. The average molecular weight is 456 g/mol. The molecule has 1 saturated heterocycles. The average Bonchev–Trinajstić information content (AvgIpc) is 3.19. The van der Waals surface area contributed by atoms with Crippen molar-refractivity contribution >= 4 is 28.8 Å². The SMILES string of the molecule is CN1CCC(OC(=O)Nc2nc3ccc(C4=NNC(O)c5c(F)ccc(F)c54)cc3[nH]2)CC1. The van der Waals surface area contributed by atoms with Crippen molar-refractivity contribution in [3.8, 4) is 0 Å². The molecule has 172 valence electrons. The van der Waals surface area contributed by atoms with Gasteiger partial charge in [0.1, 0.15) is 23.5 Å². The first-order chi connectivity index (χ1) is 15.9. The number of carbonyl (C=O) groups is 1. The van der Waals surface area contributed by atoms with Gasteiger partial charge in [0.15, 0.2) is 6.23 Å². The molecule has 0 aliphatic carbocycles. The highest BCUT2D eigenvalue weighted by Crippen LogP contribution is 2.30. The van der Waals surface area contributed by atoms with Crippen LogP contribution in [-0.4, -0.2) is 58.0 Å². The highest BCUT2D eigenvalue weighted by atomic mass is 19.1. The largest absolute Gasteiger partial charge is 0.446 e. The molecule has 2 aliphatic heterocycles. The third kappa shape index (κ3) is 4.12. The molecule has 4 N–H and O–H groups in total. The number of nitrogens with one attached hydrogen (secondary N) is 3. The molecule has 1 aromatic heterocycles. The molecule has 2 aliphatic rings. The topological polar surface area (TPSA) is 115 Å². The highest BCUT2D eigenvalue weighted by Gasteiger charge is 2.29. The Labute approximate surface area is 187 Å². The van der Waals surface area contributed by atoms with Crippen LogP contribution in [0.15, 0.2) is 35.4 Å². The summed E-state index contributed by atoms with van der Waals surface area (Å²) in [5.41, 5.74) is 3.81. The van der Waals surface area contributed by atoms with E-state index in [0.29, 0.717) is 16.6 Å². The van der Waals surface area contributed by atoms with Gasteiger partial charge in [-0.25, -0.2) is 18.6 Å². The minimum Gasteiger partial charge on any atom is -0.446 e. The maximum absolute atomic E-state index is 14.6. The number of carbonyl (C=O) groups excluding carboxylic acids is 1. The number of nitrogens with zero attached hydrogens (tertiary/aromatic N) is 3. The first-order valence-electron chi connectivity index (χ1n) is 10.5. The number of likely N-dealkylation sites (tertiary alicyclic amines) is 1. The number of hydrogen-bond donors (Lipinski definition) is 4. The van der Waals surface area contributed by atoms with Crippen molar-refractivity contribution in [2.24, 2.45) is 5.10 Å². The van der Waals surface area contributed by atoms with Gasteiger partial charge in [0.25, 0.3) is 0 Å². The van der Waals surface area contributed by atoms with Gasteiger partial charge in [0, 0.05) is 24.2 Å². The molecule has 1 unspecified atom stereocenters. The first-order valence-corrected chi connectivity index (χ1v) is 10.5. The van der Waals surface area contributed by atoms with Gasteiger partial charge >= 0.3 is 6.09 Å². The number of hydrazone groups is 1. The summed E-state index contributed by atoms with van der Waals surface area (Å²) in [5.74, 6) is -1.23. The van der Waals surface area contributed by atoms with Gasteiger partial charge < -0.3 is 19.7 Å². The van der Waals surface area contributed by atoms with Gasteiger partial charge in [-0.1, -0.05) is 6.07 Å². The molecular weight excluding hydrogens is 434 g/mol. The van der Waals surface area contributed by atoms with E-state index in [2.05, 4.69) is 30.7 Å². The molecule has 1 atom stereocenters. The van der Waals surface area contributed by atoms with Crippen LogP contribution in [0, 0.1) is 11.6 Å². The zero-order valence-corrected chi connectivity index (χ0v) is 17.7. The van der Waals surface area contributed by atoms with Gasteiger partial charge in [-0.15, -0.1) is 0 Å². The van der Waals surface area contributed by atoms with Gasteiger partial charge in [-0.2, -0.15) is 5.10 Å². The smallest absolute Gasteiger partial charge is 0.414 e. The lowest BCUT2D eigenvalue weighted by Gasteiger charge is -2.28. The zero-order chi connectivity index (χ0) is 23.1. The number of aliphatic hydroxyl groups is 1. The number of aromatic amines is 1. The van der Waals surface area contributed by atoms with E-state index in [1.165, 1.54) is 0 Å². The van der Waals surface area contributed by atoms with Crippen LogP contribution < -0.4 is 10.7 Å². The normalized spacial score (nSPS) is 19.0. The monoisotopic (exact) mass is 456 g/mol. The van der Waals surface area contributed by atoms with Crippen LogP contribution in [0.1, 0.15) is 35.8 Å². The number of H-pyrrole nitrogens is 1. The molecular formula is C22H22F2N6O3. The van der Waals surface area contributed by atoms with Crippen LogP contribution >= 0.6 is 0 Å². The lowest BCUT2D eigenvalue weighted by molar-refractivity contribution is 0.0661. The molecule has 2 aromatic carbocycles. The predicted molar refractivity (Wildman–Crippen MR) is 117 cm³/mol. The van der Waals surface area contributed by atoms with Gasteiger partial charge in [-0.05, 0) is 44.2 Å². The van der Waals surface area contributed by atoms with E-state index in [4.69, 9.17) is 4.74 Å². The third-order valence-corrected chi connectivity index (χ3v) is 5.87. The van der Waals surface area contributed by atoms with Crippen LogP contribution in [0.3, 0.4) is 0 Å².